The first kappa shape index (κ1) is 12.4. The van der Waals surface area contributed by atoms with Gasteiger partial charge < -0.3 is 4.74 Å². The van der Waals surface area contributed by atoms with Crippen molar-refractivity contribution in [3.8, 4) is 5.75 Å². The van der Waals surface area contributed by atoms with Gasteiger partial charge in [-0.1, -0.05) is 18.2 Å². The molecule has 0 unspecified atom stereocenters. The number of hydrogen-bond donors (Lipinski definition) is 2. The summed E-state index contributed by atoms with van der Waals surface area (Å²) in [6.45, 7) is 1.84. The summed E-state index contributed by atoms with van der Waals surface area (Å²) in [7, 11) is 1.80. The minimum absolute atomic E-state index is 0.329. The molecule has 0 amide bonds. The van der Waals surface area contributed by atoms with Crippen LogP contribution in [0.25, 0.3) is 0 Å². The van der Waals surface area contributed by atoms with Crippen LogP contribution in [0.5, 0.6) is 5.75 Å². The molecule has 0 spiro atoms. The van der Waals surface area contributed by atoms with Crippen molar-refractivity contribution >= 4 is 17.7 Å². The zero-order valence-electron chi connectivity index (χ0n) is 11.2. The van der Waals surface area contributed by atoms with Gasteiger partial charge >= 0.3 is 0 Å². The molecule has 0 fully saturated rings. The highest BCUT2D eigenvalue weighted by Crippen LogP contribution is 2.33. The monoisotopic (exact) mass is 270 g/mol. The highest BCUT2D eigenvalue weighted by atomic mass is 16.5. The molecule has 0 aliphatic carbocycles. The van der Waals surface area contributed by atoms with Crippen LogP contribution in [-0.4, -0.2) is 22.9 Å². The van der Waals surface area contributed by atoms with E-state index in [0.717, 1.165) is 5.56 Å². The average Bonchev–Trinajstić information content (AvgIpc) is 2.48. The first-order chi connectivity index (χ1) is 9.69. The molecule has 1 aliphatic rings. The largest absolute Gasteiger partial charge is 0.431 e. The van der Waals surface area contributed by atoms with Crippen molar-refractivity contribution < 1.29 is 4.74 Å². The molecule has 2 aromatic rings. The van der Waals surface area contributed by atoms with Crippen LogP contribution in [-0.2, 0) is 0 Å². The fourth-order valence-electron chi connectivity index (χ4n) is 1.95. The van der Waals surface area contributed by atoms with Gasteiger partial charge in [0.1, 0.15) is 0 Å². The van der Waals surface area contributed by atoms with Crippen LogP contribution in [0.4, 0.5) is 11.8 Å². The van der Waals surface area contributed by atoms with E-state index in [4.69, 9.17) is 10.6 Å². The van der Waals surface area contributed by atoms with Crippen molar-refractivity contribution in [1.82, 2.24) is 9.97 Å². The molecule has 1 aliphatic heterocycles. The van der Waals surface area contributed by atoms with Gasteiger partial charge in [-0.3, -0.25) is 5.43 Å². The van der Waals surface area contributed by atoms with Crippen molar-refractivity contribution in [2.24, 2.45) is 10.9 Å². The van der Waals surface area contributed by atoms with Crippen LogP contribution in [0.2, 0.25) is 0 Å². The van der Waals surface area contributed by atoms with E-state index in [1.807, 2.05) is 37.3 Å². The van der Waals surface area contributed by atoms with Crippen molar-refractivity contribution in [3.05, 3.63) is 41.6 Å². The summed E-state index contributed by atoms with van der Waals surface area (Å²) in [6.07, 6.45) is 0. The smallest absolute Gasteiger partial charge is 0.244 e. The van der Waals surface area contributed by atoms with E-state index in [1.54, 1.807) is 12.1 Å². The van der Waals surface area contributed by atoms with Gasteiger partial charge in [-0.15, -0.1) is 5.10 Å². The second kappa shape index (κ2) is 4.78. The SMILES string of the molecule is Cc1nc(NN)nc2c1OC(c1ccccc1)=NN2C. The van der Waals surface area contributed by atoms with E-state index >= 15 is 0 Å². The molecule has 7 nitrogen and oxygen atoms in total. The van der Waals surface area contributed by atoms with Gasteiger partial charge in [0, 0.05) is 12.6 Å². The fraction of sp³-hybridized carbons (Fsp3) is 0.154. The molecular formula is C13H14N6O. The number of hydrogen-bond acceptors (Lipinski definition) is 7. The lowest BCUT2D eigenvalue weighted by atomic mass is 10.2. The topological polar surface area (TPSA) is 88.7 Å². The molecule has 0 saturated carbocycles. The highest BCUT2D eigenvalue weighted by molar-refractivity contribution is 5.98. The third-order valence-electron chi connectivity index (χ3n) is 2.91. The standard InChI is InChI=1S/C13H14N6O/c1-8-10-11(16-13(15-8)17-14)19(2)18-12(20-10)9-6-4-3-5-7-9/h3-7H,14H2,1-2H3,(H,15,16,17). The minimum atomic E-state index is 0.329. The lowest BCUT2D eigenvalue weighted by Gasteiger charge is -2.24. The Morgan fingerprint density at radius 3 is 2.65 bits per heavy atom. The maximum atomic E-state index is 5.83. The number of nitrogen functional groups attached to an aromatic ring is 1. The summed E-state index contributed by atoms with van der Waals surface area (Å²) in [6, 6.07) is 9.68. The van der Waals surface area contributed by atoms with Crippen molar-refractivity contribution in [2.45, 2.75) is 6.92 Å². The number of aryl methyl sites for hydroxylation is 1. The Balaban J connectivity index is 2.05. The molecule has 3 rings (SSSR count). The van der Waals surface area contributed by atoms with E-state index in [-0.39, 0.29) is 0 Å². The van der Waals surface area contributed by atoms with Gasteiger partial charge in [0.05, 0.1) is 5.69 Å². The van der Waals surface area contributed by atoms with Crippen LogP contribution in [0, 0.1) is 6.92 Å². The first-order valence-corrected chi connectivity index (χ1v) is 6.10. The number of aromatic nitrogens is 2. The fourth-order valence-corrected chi connectivity index (χ4v) is 1.95. The third-order valence-corrected chi connectivity index (χ3v) is 2.91. The van der Waals surface area contributed by atoms with Crippen LogP contribution < -0.4 is 21.0 Å². The Bertz CT molecular complexity index is 670. The van der Waals surface area contributed by atoms with Crippen molar-refractivity contribution in [2.75, 3.05) is 17.5 Å². The molecule has 0 radical (unpaired) electrons. The molecule has 0 saturated heterocycles. The molecule has 1 aromatic carbocycles. The van der Waals surface area contributed by atoms with E-state index in [9.17, 15) is 0 Å². The second-order valence-electron chi connectivity index (χ2n) is 4.33. The summed E-state index contributed by atoms with van der Waals surface area (Å²) in [5, 5.41) is 6.03. The second-order valence-corrected chi connectivity index (χ2v) is 4.33. The summed E-state index contributed by atoms with van der Waals surface area (Å²) >= 11 is 0. The lowest BCUT2D eigenvalue weighted by Crippen LogP contribution is -2.27. The summed E-state index contributed by atoms with van der Waals surface area (Å²) < 4.78 is 5.83. The van der Waals surface area contributed by atoms with Gasteiger partial charge in [0.25, 0.3) is 0 Å². The van der Waals surface area contributed by atoms with E-state index in [1.165, 1.54) is 0 Å². The number of fused-ring (bicyclic) bond motifs is 1. The van der Waals surface area contributed by atoms with Gasteiger partial charge in [-0.25, -0.2) is 15.8 Å². The summed E-state index contributed by atoms with van der Waals surface area (Å²) in [5.74, 6) is 7.35. The number of benzene rings is 1. The molecule has 7 heteroatoms. The minimum Gasteiger partial charge on any atom is -0.431 e. The number of hydrazone groups is 1. The van der Waals surface area contributed by atoms with Crippen molar-refractivity contribution in [1.29, 1.82) is 0 Å². The van der Waals surface area contributed by atoms with Crippen LogP contribution in [0.3, 0.4) is 0 Å². The Hall–Kier alpha value is -2.67. The van der Waals surface area contributed by atoms with Gasteiger partial charge in [-0.05, 0) is 19.1 Å². The van der Waals surface area contributed by atoms with Crippen LogP contribution >= 0.6 is 0 Å². The van der Waals surface area contributed by atoms with E-state index in [2.05, 4.69) is 20.5 Å². The Kier molecular flexibility index (Phi) is 2.96. The lowest BCUT2D eigenvalue weighted by molar-refractivity contribution is 0.519. The molecule has 102 valence electrons. The predicted octanol–water partition coefficient (Wildman–Crippen LogP) is 1.26. The number of nitrogens with zero attached hydrogens (tertiary/aromatic N) is 4. The quantitative estimate of drug-likeness (QED) is 0.631. The van der Waals surface area contributed by atoms with Gasteiger partial charge in [0.2, 0.25) is 11.8 Å². The zero-order chi connectivity index (χ0) is 14.1. The van der Waals surface area contributed by atoms with Gasteiger partial charge in [-0.2, -0.15) is 4.98 Å². The highest BCUT2D eigenvalue weighted by Gasteiger charge is 2.24. The number of nitrogens with two attached hydrogens (primary N) is 1. The third kappa shape index (κ3) is 2.04. The summed E-state index contributed by atoms with van der Waals surface area (Å²) in [5.41, 5.74) is 4.02. The van der Waals surface area contributed by atoms with E-state index in [0.29, 0.717) is 29.1 Å². The van der Waals surface area contributed by atoms with Gasteiger partial charge in [0.15, 0.2) is 11.6 Å². The molecule has 20 heavy (non-hydrogen) atoms. The number of anilines is 2. The Morgan fingerprint density at radius 1 is 1.20 bits per heavy atom. The molecule has 0 atom stereocenters. The number of rotatable bonds is 2. The average molecular weight is 270 g/mol. The molecular weight excluding hydrogens is 256 g/mol. The maximum Gasteiger partial charge on any atom is 0.244 e. The van der Waals surface area contributed by atoms with Crippen molar-refractivity contribution in [3.63, 3.8) is 0 Å². The zero-order valence-corrected chi connectivity index (χ0v) is 11.2. The number of nitrogens with one attached hydrogen (secondary N) is 1. The first-order valence-electron chi connectivity index (χ1n) is 6.10. The molecule has 3 N–H and O–H groups in total. The molecule has 2 heterocycles. The number of ether oxygens (including phenoxy) is 1. The Labute approximate surface area is 116 Å². The maximum absolute atomic E-state index is 5.83. The Morgan fingerprint density at radius 2 is 1.95 bits per heavy atom. The van der Waals surface area contributed by atoms with Crippen LogP contribution in [0.15, 0.2) is 35.4 Å². The number of hydrazine groups is 1. The molecule has 1 aromatic heterocycles. The normalized spacial score (nSPS) is 13.3. The van der Waals surface area contributed by atoms with Crippen LogP contribution in [0.1, 0.15) is 11.3 Å². The van der Waals surface area contributed by atoms with E-state index < -0.39 is 0 Å². The molecule has 0 bridgehead atoms. The predicted molar refractivity (Wildman–Crippen MR) is 76.6 cm³/mol. The summed E-state index contributed by atoms with van der Waals surface area (Å²) in [4.78, 5) is 8.46.